The summed E-state index contributed by atoms with van der Waals surface area (Å²) in [5, 5.41) is 21.7. The van der Waals surface area contributed by atoms with E-state index in [-0.39, 0.29) is 30.4 Å². The van der Waals surface area contributed by atoms with Crippen LogP contribution in [-0.4, -0.2) is 37.5 Å². The van der Waals surface area contributed by atoms with Crippen molar-refractivity contribution < 1.29 is 14.5 Å². The van der Waals surface area contributed by atoms with E-state index in [1.807, 2.05) is 13.8 Å². The van der Waals surface area contributed by atoms with Gasteiger partial charge in [-0.25, -0.2) is 0 Å². The molecular formula is C13H18N6O4. The van der Waals surface area contributed by atoms with E-state index in [2.05, 4.69) is 15.5 Å². The van der Waals surface area contributed by atoms with E-state index in [1.54, 1.807) is 10.9 Å². The van der Waals surface area contributed by atoms with Gasteiger partial charge in [0.1, 0.15) is 6.20 Å². The van der Waals surface area contributed by atoms with Crippen LogP contribution >= 0.6 is 0 Å². The fourth-order valence-electron chi connectivity index (χ4n) is 2.10. The molecule has 1 N–H and O–H groups in total. The quantitative estimate of drug-likeness (QED) is 0.607. The lowest BCUT2D eigenvalue weighted by atomic mass is 10.3. The standard InChI is InChI=1S/C13H18N6O4/c1-4-18-9(2)10(7-14-18)15-12(20)5-6-17-8-11(19(21)22)13(16-17)23-3/h7-8H,4-6H2,1-3H3,(H,15,20). The largest absolute Gasteiger partial charge is 0.475 e. The summed E-state index contributed by atoms with van der Waals surface area (Å²) in [7, 11) is 1.31. The smallest absolute Gasteiger partial charge is 0.350 e. The zero-order valence-corrected chi connectivity index (χ0v) is 13.1. The predicted octanol–water partition coefficient (Wildman–Crippen LogP) is 1.35. The Morgan fingerprint density at radius 2 is 2.26 bits per heavy atom. The highest BCUT2D eigenvalue weighted by atomic mass is 16.6. The van der Waals surface area contributed by atoms with Crippen molar-refractivity contribution in [2.24, 2.45) is 0 Å². The van der Waals surface area contributed by atoms with E-state index in [0.717, 1.165) is 12.2 Å². The second-order valence-electron chi connectivity index (χ2n) is 4.80. The van der Waals surface area contributed by atoms with Gasteiger partial charge in [0.15, 0.2) is 0 Å². The van der Waals surface area contributed by atoms with Gasteiger partial charge in [-0.3, -0.25) is 24.3 Å². The summed E-state index contributed by atoms with van der Waals surface area (Å²) in [5.41, 5.74) is 1.30. The van der Waals surface area contributed by atoms with Crippen molar-refractivity contribution in [3.05, 3.63) is 28.2 Å². The van der Waals surface area contributed by atoms with E-state index in [0.29, 0.717) is 5.69 Å². The third-order valence-corrected chi connectivity index (χ3v) is 3.34. The molecule has 0 bridgehead atoms. The van der Waals surface area contributed by atoms with Crippen molar-refractivity contribution >= 4 is 17.3 Å². The molecule has 2 rings (SSSR count). The van der Waals surface area contributed by atoms with Gasteiger partial charge in [-0.1, -0.05) is 0 Å². The maximum Gasteiger partial charge on any atom is 0.350 e. The van der Waals surface area contributed by atoms with Gasteiger partial charge >= 0.3 is 11.6 Å². The summed E-state index contributed by atoms with van der Waals surface area (Å²) in [5.74, 6) is -0.295. The minimum atomic E-state index is -0.578. The predicted molar refractivity (Wildman–Crippen MR) is 81.3 cm³/mol. The molecule has 2 aromatic rings. The van der Waals surface area contributed by atoms with Gasteiger partial charge in [0, 0.05) is 13.0 Å². The molecule has 0 aliphatic heterocycles. The first-order valence-electron chi connectivity index (χ1n) is 7.04. The number of methoxy groups -OCH3 is 1. The van der Waals surface area contributed by atoms with Crippen molar-refractivity contribution in [1.82, 2.24) is 19.6 Å². The molecule has 10 nitrogen and oxygen atoms in total. The first kappa shape index (κ1) is 16.5. The van der Waals surface area contributed by atoms with Crippen LogP contribution < -0.4 is 10.1 Å². The number of rotatable bonds is 7. The molecular weight excluding hydrogens is 304 g/mol. The summed E-state index contributed by atoms with van der Waals surface area (Å²) in [6.07, 6.45) is 2.96. The maximum atomic E-state index is 12.0. The Bertz CT molecular complexity index is 720. The molecule has 0 unspecified atom stereocenters. The Morgan fingerprint density at radius 3 is 2.78 bits per heavy atom. The first-order valence-corrected chi connectivity index (χ1v) is 7.04. The molecule has 0 fully saturated rings. The number of aryl methyl sites for hydroxylation is 2. The van der Waals surface area contributed by atoms with Crippen molar-refractivity contribution in [3.63, 3.8) is 0 Å². The number of carbonyl (C=O) groups is 1. The highest BCUT2D eigenvalue weighted by Crippen LogP contribution is 2.24. The molecule has 0 aliphatic carbocycles. The number of aromatic nitrogens is 4. The van der Waals surface area contributed by atoms with Crippen LogP contribution in [0.1, 0.15) is 19.0 Å². The van der Waals surface area contributed by atoms with Crippen LogP contribution in [0.3, 0.4) is 0 Å². The topological polar surface area (TPSA) is 117 Å². The molecule has 0 aromatic carbocycles. The van der Waals surface area contributed by atoms with Crippen molar-refractivity contribution in [2.45, 2.75) is 33.4 Å². The van der Waals surface area contributed by atoms with Crippen LogP contribution in [0, 0.1) is 17.0 Å². The Hall–Kier alpha value is -2.91. The van der Waals surface area contributed by atoms with Gasteiger partial charge in [-0.05, 0) is 13.8 Å². The van der Waals surface area contributed by atoms with Crippen molar-refractivity contribution in [2.75, 3.05) is 12.4 Å². The number of ether oxygens (including phenoxy) is 1. The van der Waals surface area contributed by atoms with Crippen LogP contribution in [-0.2, 0) is 17.9 Å². The highest BCUT2D eigenvalue weighted by Gasteiger charge is 2.20. The van der Waals surface area contributed by atoms with Crippen LogP contribution in [0.15, 0.2) is 12.4 Å². The Morgan fingerprint density at radius 1 is 1.52 bits per heavy atom. The summed E-state index contributed by atoms with van der Waals surface area (Å²) in [4.78, 5) is 22.2. The van der Waals surface area contributed by atoms with E-state index >= 15 is 0 Å². The molecule has 2 aromatic heterocycles. The number of nitrogens with zero attached hydrogens (tertiary/aromatic N) is 5. The zero-order chi connectivity index (χ0) is 17.0. The molecule has 10 heteroatoms. The fourth-order valence-corrected chi connectivity index (χ4v) is 2.10. The lowest BCUT2D eigenvalue weighted by molar-refractivity contribution is -0.385. The molecule has 0 radical (unpaired) electrons. The molecule has 0 spiro atoms. The molecule has 0 saturated heterocycles. The molecule has 23 heavy (non-hydrogen) atoms. The Balaban J connectivity index is 1.96. The number of anilines is 1. The first-order chi connectivity index (χ1) is 11.0. The summed E-state index contributed by atoms with van der Waals surface area (Å²) >= 11 is 0. The second-order valence-corrected chi connectivity index (χ2v) is 4.80. The van der Waals surface area contributed by atoms with Gasteiger partial charge in [0.25, 0.3) is 0 Å². The van der Waals surface area contributed by atoms with Crippen molar-refractivity contribution in [3.8, 4) is 5.88 Å². The minimum absolute atomic E-state index is 0.0736. The summed E-state index contributed by atoms with van der Waals surface area (Å²) < 4.78 is 7.93. The summed E-state index contributed by atoms with van der Waals surface area (Å²) in [6, 6.07) is 0. The SMILES string of the molecule is CCn1ncc(NC(=O)CCn2cc([N+](=O)[O-])c(OC)n2)c1C. The monoisotopic (exact) mass is 322 g/mol. The lowest BCUT2D eigenvalue weighted by Gasteiger charge is -2.05. The van der Waals surface area contributed by atoms with Crippen LogP contribution in [0.5, 0.6) is 5.88 Å². The fraction of sp³-hybridized carbons (Fsp3) is 0.462. The molecule has 1 amide bonds. The summed E-state index contributed by atoms with van der Waals surface area (Å²) in [6.45, 7) is 4.76. The van der Waals surface area contributed by atoms with E-state index in [9.17, 15) is 14.9 Å². The average Bonchev–Trinajstić information content (AvgIpc) is 3.09. The van der Waals surface area contributed by atoms with Gasteiger partial charge in [0.2, 0.25) is 5.91 Å². The van der Waals surface area contributed by atoms with E-state index in [4.69, 9.17) is 4.74 Å². The third-order valence-electron chi connectivity index (χ3n) is 3.34. The zero-order valence-electron chi connectivity index (χ0n) is 13.1. The Labute approximate surface area is 132 Å². The van der Waals surface area contributed by atoms with Gasteiger partial charge in [-0.15, -0.1) is 5.10 Å². The molecule has 124 valence electrons. The van der Waals surface area contributed by atoms with Gasteiger partial charge < -0.3 is 10.1 Å². The van der Waals surface area contributed by atoms with Gasteiger partial charge in [0.05, 0.1) is 36.2 Å². The lowest BCUT2D eigenvalue weighted by Crippen LogP contribution is -2.15. The average molecular weight is 322 g/mol. The number of nitro groups is 1. The van der Waals surface area contributed by atoms with Crippen molar-refractivity contribution in [1.29, 1.82) is 0 Å². The Kier molecular flexibility index (Phi) is 4.94. The van der Waals surface area contributed by atoms with Gasteiger partial charge in [-0.2, -0.15) is 5.10 Å². The normalized spacial score (nSPS) is 10.6. The highest BCUT2D eigenvalue weighted by molar-refractivity contribution is 5.91. The van der Waals surface area contributed by atoms with Crippen LogP contribution in [0.25, 0.3) is 0 Å². The molecule has 0 saturated carbocycles. The number of hydrogen-bond donors (Lipinski definition) is 1. The number of amides is 1. The minimum Gasteiger partial charge on any atom is -0.475 e. The molecule has 2 heterocycles. The maximum absolute atomic E-state index is 12.0. The van der Waals surface area contributed by atoms with E-state index in [1.165, 1.54) is 18.0 Å². The van der Waals surface area contributed by atoms with Crippen LogP contribution in [0.2, 0.25) is 0 Å². The second kappa shape index (κ2) is 6.90. The number of nitrogens with one attached hydrogen (secondary N) is 1. The molecule has 0 aliphatic rings. The number of carbonyl (C=O) groups excluding carboxylic acids is 1. The van der Waals surface area contributed by atoms with Crippen LogP contribution in [0.4, 0.5) is 11.4 Å². The molecule has 0 atom stereocenters. The number of hydrogen-bond acceptors (Lipinski definition) is 6. The third kappa shape index (κ3) is 3.65. The van der Waals surface area contributed by atoms with E-state index < -0.39 is 4.92 Å².